The summed E-state index contributed by atoms with van der Waals surface area (Å²) >= 11 is 0. The van der Waals surface area contributed by atoms with Crippen molar-refractivity contribution in [3.63, 3.8) is 0 Å². The molecule has 0 bridgehead atoms. The van der Waals surface area contributed by atoms with Gasteiger partial charge in [0.15, 0.2) is 0 Å². The van der Waals surface area contributed by atoms with E-state index in [1.54, 1.807) is 6.07 Å². The molecule has 3 rings (SSSR count). The quantitative estimate of drug-likeness (QED) is 0.872. The van der Waals surface area contributed by atoms with Gasteiger partial charge in [-0.25, -0.2) is 0 Å². The van der Waals surface area contributed by atoms with Gasteiger partial charge < -0.3 is 14.7 Å². The van der Waals surface area contributed by atoms with E-state index in [1.165, 1.54) is 11.1 Å². The predicted octanol–water partition coefficient (Wildman–Crippen LogP) is 2.52. The first-order valence-corrected chi connectivity index (χ1v) is 8.00. The van der Waals surface area contributed by atoms with E-state index in [9.17, 15) is 9.90 Å². The number of rotatable bonds is 3. The van der Waals surface area contributed by atoms with Gasteiger partial charge in [0.25, 0.3) is 0 Å². The minimum atomic E-state index is -0.400. The minimum absolute atomic E-state index is 0.118. The lowest BCUT2D eigenvalue weighted by Gasteiger charge is -2.48. The number of ether oxygens (including phenoxy) is 1. The maximum Gasteiger partial charge on any atom is 0.307 e. The van der Waals surface area contributed by atoms with Crippen LogP contribution in [0.3, 0.4) is 0 Å². The molecular formula is C18H25NO3. The van der Waals surface area contributed by atoms with E-state index in [0.29, 0.717) is 17.6 Å². The Morgan fingerprint density at radius 3 is 2.64 bits per heavy atom. The molecule has 1 aromatic rings. The molecular weight excluding hydrogens is 278 g/mol. The molecule has 1 N–H and O–H groups in total. The molecule has 1 aliphatic heterocycles. The van der Waals surface area contributed by atoms with Gasteiger partial charge in [-0.3, -0.25) is 4.79 Å². The van der Waals surface area contributed by atoms with Crippen LogP contribution in [0.5, 0.6) is 5.75 Å². The van der Waals surface area contributed by atoms with Gasteiger partial charge in [-0.15, -0.1) is 0 Å². The van der Waals surface area contributed by atoms with Crippen LogP contribution in [0.25, 0.3) is 0 Å². The number of carbonyl (C=O) groups excluding carboxylic acids is 1. The van der Waals surface area contributed by atoms with Gasteiger partial charge in [0.1, 0.15) is 11.4 Å². The SMILES string of the molecule is CC(C)(C)OC(=O)CCN1CC2(Cc3ccc(O)cc3C2)C1. The summed E-state index contributed by atoms with van der Waals surface area (Å²) in [6.07, 6.45) is 2.59. The molecule has 120 valence electrons. The van der Waals surface area contributed by atoms with Gasteiger partial charge in [0.05, 0.1) is 6.42 Å². The lowest BCUT2D eigenvalue weighted by Crippen LogP contribution is -2.57. The van der Waals surface area contributed by atoms with Gasteiger partial charge in [0, 0.05) is 25.0 Å². The highest BCUT2D eigenvalue weighted by atomic mass is 16.6. The molecule has 1 spiro atoms. The molecule has 0 unspecified atom stereocenters. The first kappa shape index (κ1) is 15.3. The number of hydrogen-bond acceptors (Lipinski definition) is 4. The fourth-order valence-electron chi connectivity index (χ4n) is 3.75. The van der Waals surface area contributed by atoms with Crippen molar-refractivity contribution in [1.82, 2.24) is 4.90 Å². The van der Waals surface area contributed by atoms with E-state index in [4.69, 9.17) is 4.74 Å². The second-order valence-electron chi connectivity index (χ2n) is 7.85. The van der Waals surface area contributed by atoms with Crippen molar-refractivity contribution in [3.8, 4) is 5.75 Å². The molecule has 1 aromatic carbocycles. The third kappa shape index (κ3) is 3.27. The van der Waals surface area contributed by atoms with Gasteiger partial charge >= 0.3 is 5.97 Å². The van der Waals surface area contributed by atoms with E-state index in [1.807, 2.05) is 32.9 Å². The Morgan fingerprint density at radius 1 is 1.27 bits per heavy atom. The summed E-state index contributed by atoms with van der Waals surface area (Å²) in [5.74, 6) is 0.241. The molecule has 22 heavy (non-hydrogen) atoms. The first-order chi connectivity index (χ1) is 10.2. The molecule has 0 radical (unpaired) electrons. The first-order valence-electron chi connectivity index (χ1n) is 8.00. The number of benzene rings is 1. The Morgan fingerprint density at radius 2 is 1.95 bits per heavy atom. The van der Waals surface area contributed by atoms with Crippen molar-refractivity contribution in [3.05, 3.63) is 29.3 Å². The lowest BCUT2D eigenvalue weighted by molar-refractivity contribution is -0.155. The molecule has 0 amide bonds. The van der Waals surface area contributed by atoms with Crippen LogP contribution in [0.15, 0.2) is 18.2 Å². The van der Waals surface area contributed by atoms with Crippen LogP contribution in [0.1, 0.15) is 38.3 Å². The highest BCUT2D eigenvalue weighted by Crippen LogP contribution is 2.44. The summed E-state index contributed by atoms with van der Waals surface area (Å²) in [6.45, 7) is 8.53. The van der Waals surface area contributed by atoms with E-state index >= 15 is 0 Å². The zero-order valence-electron chi connectivity index (χ0n) is 13.7. The van der Waals surface area contributed by atoms with Crippen LogP contribution < -0.4 is 0 Å². The van der Waals surface area contributed by atoms with Gasteiger partial charge in [-0.2, -0.15) is 0 Å². The standard InChI is InChI=1S/C18H25NO3/c1-17(2,3)22-16(21)6-7-19-11-18(12-19)9-13-4-5-15(20)8-14(13)10-18/h4-5,8,20H,6-7,9-12H2,1-3H3. The van der Waals surface area contributed by atoms with Crippen LogP contribution in [-0.4, -0.2) is 41.2 Å². The molecule has 0 atom stereocenters. The monoisotopic (exact) mass is 303 g/mol. The molecule has 0 aromatic heterocycles. The van der Waals surface area contributed by atoms with Crippen molar-refractivity contribution in [2.45, 2.75) is 45.6 Å². The Hall–Kier alpha value is -1.55. The largest absolute Gasteiger partial charge is 0.508 e. The number of carbonyl (C=O) groups is 1. The molecule has 2 aliphatic rings. The molecule has 4 nitrogen and oxygen atoms in total. The lowest BCUT2D eigenvalue weighted by atomic mass is 9.77. The topological polar surface area (TPSA) is 49.8 Å². The number of phenolic OH excluding ortho intramolecular Hbond substituents is 1. The summed E-state index contributed by atoms with van der Waals surface area (Å²) in [4.78, 5) is 14.1. The van der Waals surface area contributed by atoms with Crippen LogP contribution in [0.2, 0.25) is 0 Å². The molecule has 0 saturated carbocycles. The van der Waals surface area contributed by atoms with Crippen molar-refractivity contribution < 1.29 is 14.6 Å². The van der Waals surface area contributed by atoms with Crippen molar-refractivity contribution in [1.29, 1.82) is 0 Å². The molecule has 1 saturated heterocycles. The summed E-state index contributed by atoms with van der Waals surface area (Å²) in [7, 11) is 0. The summed E-state index contributed by atoms with van der Waals surface area (Å²) < 4.78 is 5.34. The third-order valence-corrected chi connectivity index (χ3v) is 4.49. The number of nitrogens with zero attached hydrogens (tertiary/aromatic N) is 1. The fraction of sp³-hybridized carbons (Fsp3) is 0.611. The van der Waals surface area contributed by atoms with Crippen molar-refractivity contribution in [2.24, 2.45) is 5.41 Å². The predicted molar refractivity (Wildman–Crippen MR) is 84.8 cm³/mol. The second-order valence-corrected chi connectivity index (χ2v) is 7.85. The number of fused-ring (bicyclic) bond motifs is 1. The highest BCUT2D eigenvalue weighted by Gasteiger charge is 2.46. The third-order valence-electron chi connectivity index (χ3n) is 4.49. The smallest absolute Gasteiger partial charge is 0.307 e. The Bertz CT molecular complexity index is 582. The van der Waals surface area contributed by atoms with Crippen LogP contribution in [0.4, 0.5) is 0 Å². The summed E-state index contributed by atoms with van der Waals surface area (Å²) in [5, 5.41) is 9.59. The van der Waals surface area contributed by atoms with Crippen molar-refractivity contribution in [2.75, 3.05) is 19.6 Å². The van der Waals surface area contributed by atoms with Crippen LogP contribution >= 0.6 is 0 Å². The van der Waals surface area contributed by atoms with Gasteiger partial charge in [0.2, 0.25) is 0 Å². The number of phenols is 1. The van der Waals surface area contributed by atoms with Crippen LogP contribution in [-0.2, 0) is 22.4 Å². The number of hydrogen-bond donors (Lipinski definition) is 1. The van der Waals surface area contributed by atoms with Crippen LogP contribution in [0, 0.1) is 5.41 Å². The maximum absolute atomic E-state index is 11.8. The van der Waals surface area contributed by atoms with Crippen molar-refractivity contribution >= 4 is 5.97 Å². The second kappa shape index (κ2) is 5.27. The fourth-order valence-corrected chi connectivity index (χ4v) is 3.75. The number of esters is 1. The van der Waals surface area contributed by atoms with Gasteiger partial charge in [-0.1, -0.05) is 6.07 Å². The Labute approximate surface area is 132 Å². The average molecular weight is 303 g/mol. The number of likely N-dealkylation sites (tertiary alicyclic amines) is 1. The Balaban J connectivity index is 1.46. The zero-order valence-corrected chi connectivity index (χ0v) is 13.7. The number of aromatic hydroxyl groups is 1. The van der Waals surface area contributed by atoms with Gasteiger partial charge in [-0.05, 0) is 56.9 Å². The summed E-state index contributed by atoms with van der Waals surface area (Å²) in [5.41, 5.74) is 2.57. The normalized spacial score (nSPS) is 19.8. The minimum Gasteiger partial charge on any atom is -0.508 e. The van der Waals surface area contributed by atoms with E-state index in [2.05, 4.69) is 4.90 Å². The maximum atomic E-state index is 11.8. The molecule has 1 fully saturated rings. The molecule has 1 heterocycles. The Kier molecular flexibility index (Phi) is 3.68. The van der Waals surface area contributed by atoms with E-state index in [-0.39, 0.29) is 5.97 Å². The average Bonchev–Trinajstić information content (AvgIpc) is 2.71. The zero-order chi connectivity index (χ0) is 16.0. The van der Waals surface area contributed by atoms with E-state index < -0.39 is 5.60 Å². The summed E-state index contributed by atoms with van der Waals surface area (Å²) in [6, 6.07) is 5.72. The highest BCUT2D eigenvalue weighted by molar-refractivity contribution is 5.70. The van der Waals surface area contributed by atoms with E-state index in [0.717, 1.165) is 32.5 Å². The molecule has 4 heteroatoms. The molecule has 1 aliphatic carbocycles.